The molecule has 1 aromatic heterocycles. The van der Waals surface area contributed by atoms with Gasteiger partial charge in [-0.1, -0.05) is 0 Å². The number of hydrogen-bond donors (Lipinski definition) is 2. The first-order chi connectivity index (χ1) is 12.0. The SMILES string of the molecule is NC(=O)CCN(CC(=O)N1CCCCC1)Cc1cc(C(=O)O)ccn1. The van der Waals surface area contributed by atoms with Crippen LogP contribution in [-0.2, 0) is 16.1 Å². The number of aromatic nitrogens is 1. The molecule has 0 saturated carbocycles. The van der Waals surface area contributed by atoms with Gasteiger partial charge in [0.15, 0.2) is 0 Å². The second-order valence-electron chi connectivity index (χ2n) is 6.21. The van der Waals surface area contributed by atoms with Crippen LogP contribution in [0, 0.1) is 0 Å². The normalized spacial score (nSPS) is 14.5. The number of primary amides is 1. The third kappa shape index (κ3) is 6.15. The highest BCUT2D eigenvalue weighted by Gasteiger charge is 2.20. The van der Waals surface area contributed by atoms with Crippen molar-refractivity contribution in [2.24, 2.45) is 5.73 Å². The Labute approximate surface area is 146 Å². The van der Waals surface area contributed by atoms with Crippen LogP contribution in [0.5, 0.6) is 0 Å². The number of amides is 2. The van der Waals surface area contributed by atoms with E-state index in [1.54, 1.807) is 4.90 Å². The fourth-order valence-electron chi connectivity index (χ4n) is 2.84. The second-order valence-corrected chi connectivity index (χ2v) is 6.21. The minimum atomic E-state index is -1.03. The fourth-order valence-corrected chi connectivity index (χ4v) is 2.84. The van der Waals surface area contributed by atoms with Gasteiger partial charge in [0.05, 0.1) is 17.8 Å². The summed E-state index contributed by atoms with van der Waals surface area (Å²) in [7, 11) is 0. The largest absolute Gasteiger partial charge is 0.478 e. The van der Waals surface area contributed by atoms with E-state index in [1.807, 2.05) is 4.90 Å². The zero-order valence-electron chi connectivity index (χ0n) is 14.2. The molecule has 1 aliphatic heterocycles. The van der Waals surface area contributed by atoms with Crippen molar-refractivity contribution in [1.82, 2.24) is 14.8 Å². The summed E-state index contributed by atoms with van der Waals surface area (Å²) in [5.74, 6) is -1.46. The highest BCUT2D eigenvalue weighted by molar-refractivity contribution is 5.87. The molecule has 2 rings (SSSR count). The van der Waals surface area contributed by atoms with Crippen LogP contribution in [0.2, 0.25) is 0 Å². The van der Waals surface area contributed by atoms with Crippen molar-refractivity contribution in [3.8, 4) is 0 Å². The lowest BCUT2D eigenvalue weighted by Gasteiger charge is -2.29. The van der Waals surface area contributed by atoms with Gasteiger partial charge >= 0.3 is 5.97 Å². The average molecular weight is 348 g/mol. The summed E-state index contributed by atoms with van der Waals surface area (Å²) in [6.07, 6.45) is 4.72. The Balaban J connectivity index is 2.03. The molecule has 3 N–H and O–H groups in total. The molecule has 8 nitrogen and oxygen atoms in total. The number of rotatable bonds is 8. The zero-order chi connectivity index (χ0) is 18.2. The molecule has 2 heterocycles. The number of carboxylic acid groups (broad SMARTS) is 1. The van der Waals surface area contributed by atoms with Gasteiger partial charge in [0.2, 0.25) is 11.8 Å². The molecule has 0 spiro atoms. The number of nitrogens with zero attached hydrogens (tertiary/aromatic N) is 3. The van der Waals surface area contributed by atoms with Crippen molar-refractivity contribution >= 4 is 17.8 Å². The van der Waals surface area contributed by atoms with Crippen molar-refractivity contribution in [2.75, 3.05) is 26.2 Å². The number of hydrogen-bond acceptors (Lipinski definition) is 5. The van der Waals surface area contributed by atoms with Gasteiger partial charge in [0.1, 0.15) is 0 Å². The van der Waals surface area contributed by atoms with E-state index in [0.29, 0.717) is 12.2 Å². The predicted molar refractivity (Wildman–Crippen MR) is 90.7 cm³/mol. The quantitative estimate of drug-likeness (QED) is 0.705. The van der Waals surface area contributed by atoms with Crippen molar-refractivity contribution in [3.63, 3.8) is 0 Å². The van der Waals surface area contributed by atoms with E-state index in [1.165, 1.54) is 18.3 Å². The van der Waals surface area contributed by atoms with Crippen LogP contribution in [0.1, 0.15) is 41.7 Å². The van der Waals surface area contributed by atoms with Crippen molar-refractivity contribution < 1.29 is 19.5 Å². The van der Waals surface area contributed by atoms with E-state index in [9.17, 15) is 14.4 Å². The fraction of sp³-hybridized carbons (Fsp3) is 0.529. The number of nitrogens with two attached hydrogens (primary N) is 1. The standard InChI is InChI=1S/C17H24N4O4/c18-15(22)5-9-20(12-16(23)21-7-2-1-3-8-21)11-14-10-13(17(24)25)4-6-19-14/h4,6,10H,1-3,5,7-9,11-12H2,(H2,18,22)(H,24,25). The summed E-state index contributed by atoms with van der Waals surface area (Å²) in [5, 5.41) is 9.07. The van der Waals surface area contributed by atoms with Crippen LogP contribution in [0.15, 0.2) is 18.3 Å². The van der Waals surface area contributed by atoms with Crippen molar-refractivity contribution in [1.29, 1.82) is 0 Å². The van der Waals surface area contributed by atoms with Gasteiger partial charge in [0, 0.05) is 38.8 Å². The van der Waals surface area contributed by atoms with Gasteiger partial charge in [-0.2, -0.15) is 0 Å². The summed E-state index contributed by atoms with van der Waals surface area (Å²) in [6.45, 7) is 2.29. The maximum absolute atomic E-state index is 12.5. The Morgan fingerprint density at radius 1 is 1.24 bits per heavy atom. The van der Waals surface area contributed by atoms with Gasteiger partial charge in [-0.05, 0) is 31.4 Å². The lowest BCUT2D eigenvalue weighted by Crippen LogP contribution is -2.43. The number of carboxylic acids is 1. The van der Waals surface area contributed by atoms with Gasteiger partial charge in [0.25, 0.3) is 0 Å². The molecule has 136 valence electrons. The predicted octanol–water partition coefficient (Wildman–Crippen LogP) is 0.470. The summed E-state index contributed by atoms with van der Waals surface area (Å²) in [4.78, 5) is 42.4. The second kappa shape index (κ2) is 9.12. The molecular formula is C17H24N4O4. The molecule has 0 bridgehead atoms. The molecule has 0 aromatic carbocycles. The maximum atomic E-state index is 12.5. The smallest absolute Gasteiger partial charge is 0.335 e. The van der Waals surface area contributed by atoms with Gasteiger partial charge in [-0.3, -0.25) is 19.5 Å². The molecule has 1 saturated heterocycles. The monoisotopic (exact) mass is 348 g/mol. The summed E-state index contributed by atoms with van der Waals surface area (Å²) < 4.78 is 0. The summed E-state index contributed by atoms with van der Waals surface area (Å²) >= 11 is 0. The minimum Gasteiger partial charge on any atom is -0.478 e. The average Bonchev–Trinajstić information content (AvgIpc) is 2.60. The van der Waals surface area contributed by atoms with E-state index in [2.05, 4.69) is 4.98 Å². The van der Waals surface area contributed by atoms with E-state index in [4.69, 9.17) is 10.8 Å². The minimum absolute atomic E-state index is 0.0126. The van der Waals surface area contributed by atoms with Crippen molar-refractivity contribution in [3.05, 3.63) is 29.6 Å². The van der Waals surface area contributed by atoms with Crippen LogP contribution < -0.4 is 5.73 Å². The molecular weight excluding hydrogens is 324 g/mol. The highest BCUT2D eigenvalue weighted by atomic mass is 16.4. The lowest BCUT2D eigenvalue weighted by molar-refractivity contribution is -0.133. The topological polar surface area (TPSA) is 117 Å². The molecule has 1 aliphatic rings. The molecule has 8 heteroatoms. The van der Waals surface area contributed by atoms with E-state index in [-0.39, 0.29) is 31.0 Å². The first kappa shape index (κ1) is 18.9. The molecule has 25 heavy (non-hydrogen) atoms. The number of aromatic carboxylic acids is 1. The molecule has 2 amide bonds. The van der Waals surface area contributed by atoms with Crippen LogP contribution in [-0.4, -0.2) is 63.9 Å². The van der Waals surface area contributed by atoms with E-state index in [0.717, 1.165) is 32.4 Å². The Morgan fingerprint density at radius 2 is 1.96 bits per heavy atom. The van der Waals surface area contributed by atoms with Crippen molar-refractivity contribution in [2.45, 2.75) is 32.2 Å². The molecule has 1 aromatic rings. The van der Waals surface area contributed by atoms with Crippen LogP contribution in [0.3, 0.4) is 0 Å². The molecule has 1 fully saturated rings. The Hall–Kier alpha value is -2.48. The Morgan fingerprint density at radius 3 is 2.60 bits per heavy atom. The van der Waals surface area contributed by atoms with Gasteiger partial charge < -0.3 is 15.7 Å². The van der Waals surface area contributed by atoms with Crippen LogP contribution in [0.4, 0.5) is 0 Å². The number of pyridine rings is 1. The van der Waals surface area contributed by atoms with Crippen LogP contribution in [0.25, 0.3) is 0 Å². The number of carbonyl (C=O) groups is 3. The molecule has 0 atom stereocenters. The molecule has 0 aliphatic carbocycles. The Kier molecular flexibility index (Phi) is 6.88. The first-order valence-electron chi connectivity index (χ1n) is 8.42. The number of piperidine rings is 1. The van der Waals surface area contributed by atoms with Gasteiger partial charge in [-0.15, -0.1) is 0 Å². The van der Waals surface area contributed by atoms with Gasteiger partial charge in [-0.25, -0.2) is 4.79 Å². The molecule has 0 radical (unpaired) electrons. The molecule has 0 unspecified atom stereocenters. The maximum Gasteiger partial charge on any atom is 0.335 e. The zero-order valence-corrected chi connectivity index (χ0v) is 14.2. The summed E-state index contributed by atoms with van der Waals surface area (Å²) in [6, 6.07) is 2.89. The van der Waals surface area contributed by atoms with E-state index < -0.39 is 11.9 Å². The van der Waals surface area contributed by atoms with Crippen LogP contribution >= 0.6 is 0 Å². The third-order valence-corrected chi connectivity index (χ3v) is 4.19. The van der Waals surface area contributed by atoms with E-state index >= 15 is 0 Å². The summed E-state index contributed by atoms with van der Waals surface area (Å²) in [5.41, 5.74) is 5.90. The highest BCUT2D eigenvalue weighted by Crippen LogP contribution is 2.11. The first-order valence-corrected chi connectivity index (χ1v) is 8.42. The third-order valence-electron chi connectivity index (χ3n) is 4.19. The Bertz CT molecular complexity index is 629. The number of carbonyl (C=O) groups excluding carboxylic acids is 2. The lowest BCUT2D eigenvalue weighted by atomic mass is 10.1. The number of likely N-dealkylation sites (tertiary alicyclic amines) is 1.